The summed E-state index contributed by atoms with van der Waals surface area (Å²) in [5.74, 6) is 0.394. The van der Waals surface area contributed by atoms with E-state index in [1.807, 2.05) is 26.8 Å². The van der Waals surface area contributed by atoms with E-state index in [4.69, 9.17) is 0 Å². The van der Waals surface area contributed by atoms with Crippen LogP contribution in [0.5, 0.6) is 0 Å². The van der Waals surface area contributed by atoms with Crippen LogP contribution in [0.25, 0.3) is 11.4 Å². The highest BCUT2D eigenvalue weighted by Gasteiger charge is 2.23. The van der Waals surface area contributed by atoms with Crippen molar-refractivity contribution in [3.63, 3.8) is 0 Å². The van der Waals surface area contributed by atoms with E-state index in [-0.39, 0.29) is 11.2 Å². The Morgan fingerprint density at radius 1 is 1.25 bits per heavy atom. The molecule has 16 heavy (non-hydrogen) atoms. The molecule has 1 aromatic carbocycles. The smallest absolute Gasteiger partial charge is 0.161 e. The lowest BCUT2D eigenvalue weighted by Crippen LogP contribution is -2.15. The van der Waals surface area contributed by atoms with E-state index in [1.165, 1.54) is 12.4 Å². The van der Waals surface area contributed by atoms with Crippen LogP contribution in [0.4, 0.5) is 4.39 Å². The van der Waals surface area contributed by atoms with Crippen molar-refractivity contribution < 1.29 is 4.39 Å². The summed E-state index contributed by atoms with van der Waals surface area (Å²) >= 11 is 0. The van der Waals surface area contributed by atoms with Crippen molar-refractivity contribution in [3.05, 3.63) is 35.9 Å². The number of hydrogen-bond acceptors (Lipinski definition) is 2. The molecule has 0 amide bonds. The molecule has 1 heterocycles. The van der Waals surface area contributed by atoms with Crippen LogP contribution in [0.1, 0.15) is 26.3 Å². The fraction of sp³-hybridized carbons (Fsp3) is 0.333. The van der Waals surface area contributed by atoms with Crippen molar-refractivity contribution in [1.29, 1.82) is 0 Å². The van der Waals surface area contributed by atoms with Gasteiger partial charge in [-0.3, -0.25) is 0 Å². The number of rotatable bonds is 1. The van der Waals surface area contributed by atoms with E-state index in [9.17, 15) is 4.39 Å². The van der Waals surface area contributed by atoms with Gasteiger partial charge in [0.1, 0.15) is 12.1 Å². The Bertz CT molecular complexity index is 483. The number of halogens is 1. The van der Waals surface area contributed by atoms with E-state index in [0.717, 1.165) is 5.56 Å². The summed E-state index contributed by atoms with van der Waals surface area (Å²) in [6.45, 7) is 5.93. The van der Waals surface area contributed by atoms with Crippen LogP contribution in [0.2, 0.25) is 0 Å². The summed E-state index contributed by atoms with van der Waals surface area (Å²) in [6, 6.07) is 5.01. The molecule has 4 heteroatoms. The molecule has 0 fully saturated rings. The molecule has 0 bridgehead atoms. The van der Waals surface area contributed by atoms with Gasteiger partial charge in [-0.15, -0.1) is 10.2 Å². The lowest BCUT2D eigenvalue weighted by atomic mass is 9.83. The van der Waals surface area contributed by atoms with Gasteiger partial charge in [0.25, 0.3) is 0 Å². The molecule has 1 N–H and O–H groups in total. The van der Waals surface area contributed by atoms with Gasteiger partial charge in [0, 0.05) is 11.1 Å². The Hall–Kier alpha value is -1.71. The molecule has 2 rings (SSSR count). The van der Waals surface area contributed by atoms with Gasteiger partial charge in [0.15, 0.2) is 5.82 Å². The van der Waals surface area contributed by atoms with E-state index in [2.05, 4.69) is 15.2 Å². The van der Waals surface area contributed by atoms with E-state index < -0.39 is 0 Å². The summed E-state index contributed by atoms with van der Waals surface area (Å²) in [5, 5.41) is 7.65. The van der Waals surface area contributed by atoms with Crippen molar-refractivity contribution in [3.8, 4) is 11.4 Å². The zero-order valence-electron chi connectivity index (χ0n) is 9.58. The topological polar surface area (TPSA) is 41.6 Å². The molecule has 0 saturated carbocycles. The summed E-state index contributed by atoms with van der Waals surface area (Å²) < 4.78 is 13.9. The molecule has 2 aromatic rings. The standard InChI is InChI=1S/C12H14FN3/c1-12(2,3)10-8(5-4-6-9(10)13)11-14-7-15-16-11/h4-7H,1-3H3,(H,14,15,16). The van der Waals surface area contributed by atoms with Crippen LogP contribution in [0, 0.1) is 5.82 Å². The van der Waals surface area contributed by atoms with Gasteiger partial charge in [0.05, 0.1) is 0 Å². The lowest BCUT2D eigenvalue weighted by Gasteiger charge is -2.22. The first-order valence-corrected chi connectivity index (χ1v) is 5.15. The molecule has 1 aromatic heterocycles. The zero-order chi connectivity index (χ0) is 11.8. The van der Waals surface area contributed by atoms with Crippen molar-refractivity contribution in [2.75, 3.05) is 0 Å². The Morgan fingerprint density at radius 2 is 2.00 bits per heavy atom. The average molecular weight is 219 g/mol. The van der Waals surface area contributed by atoms with Gasteiger partial charge in [-0.2, -0.15) is 0 Å². The molecule has 0 radical (unpaired) electrons. The summed E-state index contributed by atoms with van der Waals surface area (Å²) in [7, 11) is 0. The SMILES string of the molecule is CC(C)(C)c1c(F)cccc1-c1nnc[nH]1. The number of aromatic nitrogens is 3. The van der Waals surface area contributed by atoms with Gasteiger partial charge in [0.2, 0.25) is 0 Å². The molecular weight excluding hydrogens is 205 g/mol. The zero-order valence-corrected chi connectivity index (χ0v) is 9.58. The van der Waals surface area contributed by atoms with E-state index >= 15 is 0 Å². The third kappa shape index (κ3) is 1.83. The minimum Gasteiger partial charge on any atom is -0.328 e. The quantitative estimate of drug-likeness (QED) is 0.801. The number of nitrogens with one attached hydrogen (secondary N) is 1. The molecule has 0 aliphatic carbocycles. The van der Waals surface area contributed by atoms with Crippen LogP contribution < -0.4 is 0 Å². The maximum absolute atomic E-state index is 13.9. The van der Waals surface area contributed by atoms with Crippen LogP contribution >= 0.6 is 0 Å². The first-order valence-electron chi connectivity index (χ1n) is 5.15. The maximum Gasteiger partial charge on any atom is 0.161 e. The van der Waals surface area contributed by atoms with Gasteiger partial charge in [-0.25, -0.2) is 4.39 Å². The molecule has 0 saturated heterocycles. The number of aromatic amines is 1. The fourth-order valence-electron chi connectivity index (χ4n) is 1.82. The van der Waals surface area contributed by atoms with Crippen molar-refractivity contribution >= 4 is 0 Å². The molecule has 84 valence electrons. The Balaban J connectivity index is 2.67. The maximum atomic E-state index is 13.9. The van der Waals surface area contributed by atoms with Crippen LogP contribution in [0.3, 0.4) is 0 Å². The van der Waals surface area contributed by atoms with Gasteiger partial charge in [-0.1, -0.05) is 32.9 Å². The highest BCUT2D eigenvalue weighted by Crippen LogP contribution is 2.33. The third-order valence-electron chi connectivity index (χ3n) is 2.44. The van der Waals surface area contributed by atoms with Gasteiger partial charge >= 0.3 is 0 Å². The Kier molecular flexibility index (Phi) is 2.50. The minimum atomic E-state index is -0.270. The van der Waals surface area contributed by atoms with Gasteiger partial charge < -0.3 is 4.98 Å². The number of nitrogens with zero attached hydrogens (tertiary/aromatic N) is 2. The predicted octanol–water partition coefficient (Wildman–Crippen LogP) is 2.91. The van der Waals surface area contributed by atoms with Crippen LogP contribution in [0.15, 0.2) is 24.5 Å². The third-order valence-corrected chi connectivity index (χ3v) is 2.44. The summed E-state index contributed by atoms with van der Waals surface area (Å²) in [6.07, 6.45) is 1.49. The number of hydrogen-bond donors (Lipinski definition) is 1. The van der Waals surface area contributed by atoms with E-state index in [0.29, 0.717) is 11.4 Å². The fourth-order valence-corrected chi connectivity index (χ4v) is 1.82. The monoisotopic (exact) mass is 219 g/mol. The second-order valence-electron chi connectivity index (χ2n) is 4.75. The molecule has 0 atom stereocenters. The van der Waals surface area contributed by atoms with E-state index in [1.54, 1.807) is 6.07 Å². The number of benzene rings is 1. The van der Waals surface area contributed by atoms with Crippen LogP contribution in [-0.4, -0.2) is 15.2 Å². The van der Waals surface area contributed by atoms with Crippen molar-refractivity contribution in [1.82, 2.24) is 15.2 Å². The molecule has 0 aliphatic rings. The lowest BCUT2D eigenvalue weighted by molar-refractivity contribution is 0.524. The Morgan fingerprint density at radius 3 is 2.56 bits per heavy atom. The average Bonchev–Trinajstić information content (AvgIpc) is 2.67. The summed E-state index contributed by atoms with van der Waals surface area (Å²) in [4.78, 5) is 2.90. The first-order chi connectivity index (χ1) is 7.50. The second-order valence-corrected chi connectivity index (χ2v) is 4.75. The van der Waals surface area contributed by atoms with Crippen molar-refractivity contribution in [2.24, 2.45) is 0 Å². The minimum absolute atomic E-state index is 0.207. The highest BCUT2D eigenvalue weighted by molar-refractivity contribution is 5.62. The largest absolute Gasteiger partial charge is 0.328 e. The summed E-state index contributed by atoms with van der Waals surface area (Å²) in [5.41, 5.74) is 1.16. The molecule has 3 nitrogen and oxygen atoms in total. The molecule has 0 spiro atoms. The highest BCUT2D eigenvalue weighted by atomic mass is 19.1. The van der Waals surface area contributed by atoms with Gasteiger partial charge in [-0.05, 0) is 11.5 Å². The van der Waals surface area contributed by atoms with Crippen LogP contribution in [-0.2, 0) is 5.41 Å². The Labute approximate surface area is 93.7 Å². The number of H-pyrrole nitrogens is 1. The normalized spacial score (nSPS) is 11.8. The predicted molar refractivity (Wildman–Crippen MR) is 60.5 cm³/mol. The molecule has 0 unspecified atom stereocenters. The second kappa shape index (κ2) is 3.70. The first kappa shape index (κ1) is 10.8. The molecule has 0 aliphatic heterocycles. The molecular formula is C12H14FN3. The van der Waals surface area contributed by atoms with Crippen molar-refractivity contribution in [2.45, 2.75) is 26.2 Å².